The molecule has 4 unspecified atom stereocenters. The standard InChI is InChI=1S/C16H28N4O5S/c1-9(17)15(23)20-7-4-5-12(20)14(22)19-11(6-8-26-3)13(21)18-10(2)16(24)25/h9-12H,4-8,17H2,1-3H3,(H,18,21)(H,19,22)(H,24,25). The average molecular weight is 388 g/mol. The zero-order valence-electron chi connectivity index (χ0n) is 15.4. The van der Waals surface area contributed by atoms with Crippen molar-refractivity contribution in [1.29, 1.82) is 0 Å². The lowest BCUT2D eigenvalue weighted by molar-refractivity contribution is -0.142. The Labute approximate surface area is 157 Å². The van der Waals surface area contributed by atoms with Crippen molar-refractivity contribution in [3.05, 3.63) is 0 Å². The molecule has 26 heavy (non-hydrogen) atoms. The molecule has 0 aromatic carbocycles. The van der Waals surface area contributed by atoms with Gasteiger partial charge >= 0.3 is 5.97 Å². The third-order valence-corrected chi connectivity index (χ3v) is 4.84. The molecule has 3 amide bonds. The summed E-state index contributed by atoms with van der Waals surface area (Å²) < 4.78 is 0. The number of nitrogens with one attached hydrogen (secondary N) is 2. The van der Waals surface area contributed by atoms with Crippen molar-refractivity contribution in [2.24, 2.45) is 5.73 Å². The number of carboxylic acids is 1. The number of nitrogens with zero attached hydrogens (tertiary/aromatic N) is 1. The van der Waals surface area contributed by atoms with Crippen molar-refractivity contribution in [1.82, 2.24) is 15.5 Å². The first-order valence-corrected chi connectivity index (χ1v) is 9.97. The van der Waals surface area contributed by atoms with Crippen LogP contribution in [0.3, 0.4) is 0 Å². The van der Waals surface area contributed by atoms with E-state index in [1.807, 2.05) is 6.26 Å². The molecule has 1 rings (SSSR count). The molecule has 1 aliphatic rings. The molecule has 4 atom stereocenters. The summed E-state index contributed by atoms with van der Waals surface area (Å²) in [5, 5.41) is 14.0. The summed E-state index contributed by atoms with van der Waals surface area (Å²) in [6.45, 7) is 3.38. The van der Waals surface area contributed by atoms with Crippen LogP contribution in [0.25, 0.3) is 0 Å². The van der Waals surface area contributed by atoms with Crippen LogP contribution in [0.1, 0.15) is 33.1 Å². The Morgan fingerprint density at radius 1 is 1.27 bits per heavy atom. The van der Waals surface area contributed by atoms with Crippen molar-refractivity contribution in [3.8, 4) is 0 Å². The second kappa shape index (κ2) is 10.4. The molecular weight excluding hydrogens is 360 g/mol. The van der Waals surface area contributed by atoms with Gasteiger partial charge in [-0.15, -0.1) is 0 Å². The molecule has 1 fully saturated rings. The van der Waals surface area contributed by atoms with Gasteiger partial charge in [0.2, 0.25) is 17.7 Å². The molecule has 1 aliphatic heterocycles. The third kappa shape index (κ3) is 6.17. The number of rotatable bonds is 9. The number of carbonyl (C=O) groups excluding carboxylic acids is 3. The largest absolute Gasteiger partial charge is 0.480 e. The van der Waals surface area contributed by atoms with E-state index in [0.717, 1.165) is 0 Å². The topological polar surface area (TPSA) is 142 Å². The second-order valence-electron chi connectivity index (χ2n) is 6.39. The quantitative estimate of drug-likeness (QED) is 0.403. The monoisotopic (exact) mass is 388 g/mol. The van der Waals surface area contributed by atoms with Crippen LogP contribution in [0.5, 0.6) is 0 Å². The van der Waals surface area contributed by atoms with Crippen LogP contribution >= 0.6 is 11.8 Å². The van der Waals surface area contributed by atoms with Gasteiger partial charge in [-0.05, 0) is 45.1 Å². The molecule has 0 aliphatic carbocycles. The summed E-state index contributed by atoms with van der Waals surface area (Å²) in [7, 11) is 0. The normalized spacial score (nSPS) is 20.2. The molecule has 0 saturated carbocycles. The van der Waals surface area contributed by atoms with Crippen LogP contribution in [-0.2, 0) is 19.2 Å². The molecular formula is C16H28N4O5S. The molecule has 1 saturated heterocycles. The smallest absolute Gasteiger partial charge is 0.325 e. The van der Waals surface area contributed by atoms with Gasteiger partial charge in [-0.3, -0.25) is 19.2 Å². The zero-order chi connectivity index (χ0) is 19.9. The number of hydrogen-bond acceptors (Lipinski definition) is 6. The Kier molecular flexibility index (Phi) is 8.86. The Morgan fingerprint density at radius 3 is 2.46 bits per heavy atom. The summed E-state index contributed by atoms with van der Waals surface area (Å²) in [6, 6.07) is -3.27. The van der Waals surface area contributed by atoms with Crippen molar-refractivity contribution < 1.29 is 24.3 Å². The van der Waals surface area contributed by atoms with Crippen LogP contribution in [0.15, 0.2) is 0 Å². The minimum absolute atomic E-state index is 0.299. The highest BCUT2D eigenvalue weighted by Crippen LogP contribution is 2.18. The zero-order valence-corrected chi connectivity index (χ0v) is 16.2. The maximum atomic E-state index is 12.6. The molecule has 0 aromatic heterocycles. The fraction of sp³-hybridized carbons (Fsp3) is 0.750. The van der Waals surface area contributed by atoms with Crippen molar-refractivity contribution in [2.75, 3.05) is 18.6 Å². The van der Waals surface area contributed by atoms with Crippen molar-refractivity contribution >= 4 is 35.5 Å². The van der Waals surface area contributed by atoms with E-state index in [4.69, 9.17) is 10.8 Å². The molecule has 0 bridgehead atoms. The lowest BCUT2D eigenvalue weighted by Gasteiger charge is -2.27. The number of likely N-dealkylation sites (tertiary alicyclic amines) is 1. The highest BCUT2D eigenvalue weighted by atomic mass is 32.2. The number of thioether (sulfide) groups is 1. The highest BCUT2D eigenvalue weighted by molar-refractivity contribution is 7.98. The number of aliphatic carboxylic acids is 1. The first kappa shape index (κ1) is 22.2. The van der Waals surface area contributed by atoms with E-state index < -0.39 is 42.0 Å². The Balaban J connectivity index is 2.79. The van der Waals surface area contributed by atoms with E-state index in [-0.39, 0.29) is 5.91 Å². The Morgan fingerprint density at radius 2 is 1.92 bits per heavy atom. The maximum Gasteiger partial charge on any atom is 0.325 e. The molecule has 148 valence electrons. The van der Waals surface area contributed by atoms with Gasteiger partial charge in [-0.2, -0.15) is 11.8 Å². The average Bonchev–Trinajstić information content (AvgIpc) is 3.06. The van der Waals surface area contributed by atoms with E-state index in [0.29, 0.717) is 31.6 Å². The van der Waals surface area contributed by atoms with Crippen LogP contribution in [-0.4, -0.2) is 76.4 Å². The lowest BCUT2D eigenvalue weighted by Crippen LogP contribution is -2.56. The maximum absolute atomic E-state index is 12.6. The molecule has 1 heterocycles. The first-order chi connectivity index (χ1) is 12.2. The predicted octanol–water partition coefficient (Wildman–Crippen LogP) is -0.848. The highest BCUT2D eigenvalue weighted by Gasteiger charge is 2.36. The fourth-order valence-electron chi connectivity index (χ4n) is 2.71. The van der Waals surface area contributed by atoms with Gasteiger partial charge < -0.3 is 26.4 Å². The molecule has 0 spiro atoms. The van der Waals surface area contributed by atoms with Crippen LogP contribution in [0, 0.1) is 0 Å². The van der Waals surface area contributed by atoms with E-state index in [1.54, 1.807) is 6.92 Å². The van der Waals surface area contributed by atoms with E-state index >= 15 is 0 Å². The van der Waals surface area contributed by atoms with E-state index in [1.165, 1.54) is 23.6 Å². The van der Waals surface area contributed by atoms with Gasteiger partial charge in [-0.1, -0.05) is 0 Å². The summed E-state index contributed by atoms with van der Waals surface area (Å²) in [5.74, 6) is -1.80. The van der Waals surface area contributed by atoms with Gasteiger partial charge in [0.05, 0.1) is 6.04 Å². The Bertz CT molecular complexity index is 543. The SMILES string of the molecule is CSCCC(NC(=O)C1CCCN1C(=O)C(C)N)C(=O)NC(C)C(=O)O. The van der Waals surface area contributed by atoms with E-state index in [2.05, 4.69) is 10.6 Å². The summed E-state index contributed by atoms with van der Waals surface area (Å²) >= 11 is 1.51. The van der Waals surface area contributed by atoms with Gasteiger partial charge in [0.15, 0.2) is 0 Å². The molecule has 5 N–H and O–H groups in total. The van der Waals surface area contributed by atoms with Crippen LogP contribution in [0.2, 0.25) is 0 Å². The molecule has 0 radical (unpaired) electrons. The summed E-state index contributed by atoms with van der Waals surface area (Å²) in [5.41, 5.74) is 5.63. The Hall–Kier alpha value is -1.81. The predicted molar refractivity (Wildman–Crippen MR) is 98.6 cm³/mol. The molecule has 10 heteroatoms. The van der Waals surface area contributed by atoms with Crippen LogP contribution < -0.4 is 16.4 Å². The molecule has 0 aromatic rings. The van der Waals surface area contributed by atoms with Gasteiger partial charge in [-0.25, -0.2) is 0 Å². The third-order valence-electron chi connectivity index (χ3n) is 4.20. The van der Waals surface area contributed by atoms with Gasteiger partial charge in [0.25, 0.3) is 0 Å². The fourth-order valence-corrected chi connectivity index (χ4v) is 3.18. The van der Waals surface area contributed by atoms with E-state index in [9.17, 15) is 19.2 Å². The number of carbonyl (C=O) groups is 4. The lowest BCUT2D eigenvalue weighted by atomic mass is 10.1. The summed E-state index contributed by atoms with van der Waals surface area (Å²) in [4.78, 5) is 49.5. The second-order valence-corrected chi connectivity index (χ2v) is 7.38. The van der Waals surface area contributed by atoms with Gasteiger partial charge in [0.1, 0.15) is 18.1 Å². The minimum atomic E-state index is -1.15. The molecule has 9 nitrogen and oxygen atoms in total. The minimum Gasteiger partial charge on any atom is -0.480 e. The first-order valence-electron chi connectivity index (χ1n) is 8.57. The summed E-state index contributed by atoms with van der Waals surface area (Å²) in [6.07, 6.45) is 3.43. The van der Waals surface area contributed by atoms with Crippen molar-refractivity contribution in [3.63, 3.8) is 0 Å². The number of hydrogen-bond donors (Lipinski definition) is 4. The van der Waals surface area contributed by atoms with Crippen molar-refractivity contribution in [2.45, 2.75) is 57.3 Å². The number of amides is 3. The van der Waals surface area contributed by atoms with Gasteiger partial charge in [0, 0.05) is 6.54 Å². The van der Waals surface area contributed by atoms with Crippen LogP contribution in [0.4, 0.5) is 0 Å². The number of nitrogens with two attached hydrogens (primary N) is 1. The number of carboxylic acid groups (broad SMARTS) is 1.